The first-order valence-electron chi connectivity index (χ1n) is 14.2. The average Bonchev–Trinajstić information content (AvgIpc) is 3.31. The Morgan fingerprint density at radius 1 is 0.833 bits per heavy atom. The summed E-state index contributed by atoms with van der Waals surface area (Å²) in [6.45, 7) is 2.67. The third kappa shape index (κ3) is 5.22. The molecule has 7 heteroatoms. The highest BCUT2D eigenvalue weighted by Gasteiger charge is 2.25. The van der Waals surface area contributed by atoms with Gasteiger partial charge in [0.1, 0.15) is 11.2 Å². The highest BCUT2D eigenvalue weighted by atomic mass is 16.7. The SMILES string of the molecule is CC(=O)On1c(=O)c(-c2c(Cc3ccccc3)n(CCCCN)c3ccccc23)nc2ccc(-c3ccccc3)cc21. The van der Waals surface area contributed by atoms with E-state index in [0.29, 0.717) is 24.0 Å². The van der Waals surface area contributed by atoms with Gasteiger partial charge in [-0.15, -0.1) is 4.73 Å². The van der Waals surface area contributed by atoms with Gasteiger partial charge in [-0.1, -0.05) is 84.9 Å². The van der Waals surface area contributed by atoms with E-state index >= 15 is 0 Å². The van der Waals surface area contributed by atoms with Crippen LogP contribution < -0.4 is 16.1 Å². The summed E-state index contributed by atoms with van der Waals surface area (Å²) < 4.78 is 3.38. The van der Waals surface area contributed by atoms with Gasteiger partial charge in [0.05, 0.1) is 5.52 Å². The highest BCUT2D eigenvalue weighted by molar-refractivity contribution is 5.98. The number of rotatable bonds is 9. The van der Waals surface area contributed by atoms with Gasteiger partial charge in [0.2, 0.25) is 0 Å². The van der Waals surface area contributed by atoms with Gasteiger partial charge >= 0.3 is 11.5 Å². The van der Waals surface area contributed by atoms with Crippen LogP contribution in [0, 0.1) is 0 Å². The lowest BCUT2D eigenvalue weighted by Crippen LogP contribution is -2.32. The summed E-state index contributed by atoms with van der Waals surface area (Å²) >= 11 is 0. The first-order valence-corrected chi connectivity index (χ1v) is 14.2. The average molecular weight is 557 g/mol. The largest absolute Gasteiger partial charge is 0.344 e. The standard InChI is InChI=1S/C35H32N4O3/c1-24(40)42-39-31-23-27(26-14-6-3-7-15-26)18-19-29(31)37-34(35(39)41)33-28-16-8-9-17-30(28)38(21-11-10-20-36)32(33)22-25-12-4-2-5-13-25/h2-9,12-19,23H,10-11,20-22,36H2,1H3. The summed E-state index contributed by atoms with van der Waals surface area (Å²) in [5.74, 6) is -0.589. The summed E-state index contributed by atoms with van der Waals surface area (Å²) in [5.41, 5.74) is 12.3. The fourth-order valence-electron chi connectivity index (χ4n) is 5.61. The molecule has 6 aromatic rings. The fourth-order valence-corrected chi connectivity index (χ4v) is 5.61. The fraction of sp³-hybridized carbons (Fsp3) is 0.171. The Morgan fingerprint density at radius 3 is 2.29 bits per heavy atom. The van der Waals surface area contributed by atoms with Crippen LogP contribution in [0.3, 0.4) is 0 Å². The number of aromatic nitrogens is 3. The van der Waals surface area contributed by atoms with Gasteiger partial charge in [-0.3, -0.25) is 4.79 Å². The number of carbonyl (C=O) groups excluding carboxylic acids is 1. The van der Waals surface area contributed by atoms with E-state index in [4.69, 9.17) is 15.6 Å². The van der Waals surface area contributed by atoms with Crippen LogP contribution >= 0.6 is 0 Å². The van der Waals surface area contributed by atoms with Gasteiger partial charge in [-0.2, -0.15) is 0 Å². The predicted molar refractivity (Wildman–Crippen MR) is 167 cm³/mol. The lowest BCUT2D eigenvalue weighted by molar-refractivity contribution is -0.141. The molecule has 0 bridgehead atoms. The second kappa shape index (κ2) is 11.8. The first kappa shape index (κ1) is 27.2. The number of hydrogen-bond acceptors (Lipinski definition) is 5. The van der Waals surface area contributed by atoms with E-state index in [9.17, 15) is 9.59 Å². The molecule has 0 fully saturated rings. The summed E-state index contributed by atoms with van der Waals surface area (Å²) in [6, 6.07) is 33.8. The third-order valence-corrected chi connectivity index (χ3v) is 7.51. The maximum atomic E-state index is 14.3. The number of carbonyl (C=O) groups is 1. The molecule has 0 unspecified atom stereocenters. The van der Waals surface area contributed by atoms with Crippen LogP contribution in [-0.4, -0.2) is 26.8 Å². The van der Waals surface area contributed by atoms with Crippen molar-refractivity contribution in [3.05, 3.63) is 125 Å². The smallest absolute Gasteiger partial charge is 0.330 e. The molecule has 4 aromatic carbocycles. The molecule has 0 saturated carbocycles. The van der Waals surface area contributed by atoms with Crippen LogP contribution in [0.5, 0.6) is 0 Å². The van der Waals surface area contributed by atoms with E-state index in [-0.39, 0.29) is 5.69 Å². The molecule has 0 atom stereocenters. The molecule has 2 aromatic heterocycles. The second-order valence-corrected chi connectivity index (χ2v) is 10.4. The zero-order valence-corrected chi connectivity index (χ0v) is 23.5. The van der Waals surface area contributed by atoms with Crippen LogP contribution in [0.4, 0.5) is 0 Å². The molecule has 2 heterocycles. The van der Waals surface area contributed by atoms with Crippen LogP contribution in [0.25, 0.3) is 44.3 Å². The molecular weight excluding hydrogens is 524 g/mol. The molecule has 0 amide bonds. The molecule has 7 nitrogen and oxygen atoms in total. The Hall–Kier alpha value is -5.01. The number of benzene rings is 4. The molecule has 2 N–H and O–H groups in total. The lowest BCUT2D eigenvalue weighted by Gasteiger charge is -2.15. The molecule has 0 saturated heterocycles. The van der Waals surface area contributed by atoms with Gasteiger partial charge in [0.15, 0.2) is 0 Å². The first-order chi connectivity index (χ1) is 20.5. The molecule has 0 aliphatic rings. The Kier molecular flexibility index (Phi) is 7.66. The lowest BCUT2D eigenvalue weighted by atomic mass is 10.0. The predicted octanol–water partition coefficient (Wildman–Crippen LogP) is 5.99. The van der Waals surface area contributed by atoms with Gasteiger partial charge in [-0.25, -0.2) is 9.78 Å². The van der Waals surface area contributed by atoms with Crippen molar-refractivity contribution in [3.63, 3.8) is 0 Å². The van der Waals surface area contributed by atoms with Gasteiger partial charge in [-0.05, 0) is 54.3 Å². The zero-order chi connectivity index (χ0) is 29.1. The van der Waals surface area contributed by atoms with Crippen LogP contribution in [0.15, 0.2) is 108 Å². The minimum absolute atomic E-state index is 0.246. The molecule has 6 rings (SSSR count). The number of nitrogens with two attached hydrogens (primary N) is 1. The van der Waals surface area contributed by atoms with E-state index in [1.54, 1.807) is 0 Å². The highest BCUT2D eigenvalue weighted by Crippen LogP contribution is 2.35. The monoisotopic (exact) mass is 556 g/mol. The Labute approximate surface area is 243 Å². The Balaban J connectivity index is 1.63. The molecule has 0 aliphatic carbocycles. The third-order valence-electron chi connectivity index (χ3n) is 7.51. The van der Waals surface area contributed by atoms with Crippen molar-refractivity contribution < 1.29 is 9.63 Å². The maximum absolute atomic E-state index is 14.3. The second-order valence-electron chi connectivity index (χ2n) is 10.4. The molecule has 42 heavy (non-hydrogen) atoms. The topological polar surface area (TPSA) is 92.1 Å². The summed E-state index contributed by atoms with van der Waals surface area (Å²) in [6.07, 6.45) is 2.40. The van der Waals surface area contributed by atoms with Gasteiger partial charge < -0.3 is 15.1 Å². The molecule has 210 valence electrons. The Morgan fingerprint density at radius 2 is 1.55 bits per heavy atom. The quantitative estimate of drug-likeness (QED) is 0.221. The van der Waals surface area contributed by atoms with E-state index in [2.05, 4.69) is 22.8 Å². The minimum Gasteiger partial charge on any atom is -0.344 e. The number of para-hydroxylation sites is 1. The van der Waals surface area contributed by atoms with Crippen molar-refractivity contribution in [2.24, 2.45) is 5.73 Å². The van der Waals surface area contributed by atoms with Crippen molar-refractivity contribution in [2.75, 3.05) is 6.54 Å². The van der Waals surface area contributed by atoms with E-state index in [1.165, 1.54) is 6.92 Å². The molecule has 0 radical (unpaired) electrons. The van der Waals surface area contributed by atoms with Crippen molar-refractivity contribution in [2.45, 2.75) is 32.7 Å². The maximum Gasteiger partial charge on any atom is 0.330 e. The Bertz CT molecular complexity index is 1940. The zero-order valence-electron chi connectivity index (χ0n) is 23.5. The van der Waals surface area contributed by atoms with Crippen LogP contribution in [-0.2, 0) is 17.8 Å². The van der Waals surface area contributed by atoms with E-state index in [0.717, 1.165) is 63.0 Å². The molecular formula is C35H32N4O3. The van der Waals surface area contributed by atoms with Gasteiger partial charge in [0, 0.05) is 42.0 Å². The normalized spacial score (nSPS) is 11.3. The number of hydrogen-bond donors (Lipinski definition) is 1. The van der Waals surface area contributed by atoms with Crippen molar-refractivity contribution in [3.8, 4) is 22.4 Å². The number of unbranched alkanes of at least 4 members (excludes halogenated alkanes) is 1. The molecule has 0 spiro atoms. The van der Waals surface area contributed by atoms with Crippen molar-refractivity contribution >= 4 is 27.9 Å². The molecule has 0 aliphatic heterocycles. The van der Waals surface area contributed by atoms with Crippen molar-refractivity contribution in [1.29, 1.82) is 0 Å². The summed E-state index contributed by atoms with van der Waals surface area (Å²) in [5, 5.41) is 0.926. The summed E-state index contributed by atoms with van der Waals surface area (Å²) in [4.78, 5) is 37.1. The summed E-state index contributed by atoms with van der Waals surface area (Å²) in [7, 11) is 0. The van der Waals surface area contributed by atoms with E-state index in [1.807, 2.05) is 84.9 Å². The number of nitrogens with zero attached hydrogens (tertiary/aromatic N) is 3. The minimum atomic E-state index is -0.589. The van der Waals surface area contributed by atoms with Crippen LogP contribution in [0.2, 0.25) is 0 Å². The van der Waals surface area contributed by atoms with Crippen LogP contribution in [0.1, 0.15) is 31.0 Å². The van der Waals surface area contributed by atoms with Crippen molar-refractivity contribution in [1.82, 2.24) is 14.3 Å². The van der Waals surface area contributed by atoms with E-state index < -0.39 is 11.5 Å². The van der Waals surface area contributed by atoms with Gasteiger partial charge in [0.25, 0.3) is 0 Å². The number of fused-ring (bicyclic) bond motifs is 2. The number of aryl methyl sites for hydroxylation is 1.